The topological polar surface area (TPSA) is 79.9 Å². The Morgan fingerprint density at radius 1 is 0.864 bits per heavy atom. The Morgan fingerprint density at radius 2 is 1.23 bits per heavy atom. The zero-order valence-corrected chi connectivity index (χ0v) is 14.5. The van der Waals surface area contributed by atoms with Gasteiger partial charge in [0.2, 0.25) is 11.8 Å². The maximum Gasteiger partial charge on any atom is 0.246 e. The Labute approximate surface area is 133 Å². The number of carbonyl (C=O) groups excluding carboxylic acids is 2. The molecule has 0 aromatic rings. The molecule has 7 nitrogen and oxygen atoms in total. The largest absolute Gasteiger partial charge is 0.369 e. The number of amides is 2. The predicted octanol–water partition coefficient (Wildman–Crippen LogP) is 0.000600. The highest BCUT2D eigenvalue weighted by molar-refractivity contribution is 5.77. The SMILES string of the molecule is CC(C)OCC(=O)NCCN(C)CCNC(=O)COC(C)C. The highest BCUT2D eigenvalue weighted by Crippen LogP contribution is 1.87. The van der Waals surface area contributed by atoms with Crippen LogP contribution in [0.1, 0.15) is 27.7 Å². The number of hydrogen-bond donors (Lipinski definition) is 2. The number of ether oxygens (including phenoxy) is 2. The molecule has 0 aromatic carbocycles. The molecule has 2 amide bonds. The van der Waals surface area contributed by atoms with Crippen molar-refractivity contribution in [3.05, 3.63) is 0 Å². The van der Waals surface area contributed by atoms with Gasteiger partial charge in [0.05, 0.1) is 12.2 Å². The summed E-state index contributed by atoms with van der Waals surface area (Å²) < 4.78 is 10.4. The quantitative estimate of drug-likeness (QED) is 0.530. The fourth-order valence-electron chi connectivity index (χ4n) is 1.47. The Bertz CT molecular complexity index is 292. The lowest BCUT2D eigenvalue weighted by Crippen LogP contribution is -2.39. The molecule has 22 heavy (non-hydrogen) atoms. The van der Waals surface area contributed by atoms with Crippen LogP contribution in [-0.2, 0) is 19.1 Å². The fourth-order valence-corrected chi connectivity index (χ4v) is 1.47. The van der Waals surface area contributed by atoms with E-state index in [-0.39, 0.29) is 37.2 Å². The average molecular weight is 317 g/mol. The van der Waals surface area contributed by atoms with Gasteiger partial charge >= 0.3 is 0 Å². The average Bonchev–Trinajstić information content (AvgIpc) is 2.43. The van der Waals surface area contributed by atoms with Gasteiger partial charge in [0.1, 0.15) is 13.2 Å². The molecule has 0 aliphatic heterocycles. The normalized spacial score (nSPS) is 11.3. The maximum absolute atomic E-state index is 11.4. The van der Waals surface area contributed by atoms with Crippen molar-refractivity contribution in [1.29, 1.82) is 0 Å². The van der Waals surface area contributed by atoms with E-state index in [1.54, 1.807) is 0 Å². The molecule has 7 heteroatoms. The molecule has 0 saturated carbocycles. The van der Waals surface area contributed by atoms with E-state index in [0.29, 0.717) is 26.2 Å². The molecule has 0 radical (unpaired) electrons. The lowest BCUT2D eigenvalue weighted by atomic mass is 10.4. The van der Waals surface area contributed by atoms with E-state index in [1.165, 1.54) is 0 Å². The molecule has 0 fully saturated rings. The van der Waals surface area contributed by atoms with Gasteiger partial charge in [-0.15, -0.1) is 0 Å². The van der Waals surface area contributed by atoms with Gasteiger partial charge < -0.3 is 25.0 Å². The third kappa shape index (κ3) is 13.8. The second kappa shape index (κ2) is 12.4. The van der Waals surface area contributed by atoms with Gasteiger partial charge in [-0.2, -0.15) is 0 Å². The van der Waals surface area contributed by atoms with Crippen molar-refractivity contribution in [1.82, 2.24) is 15.5 Å². The smallest absolute Gasteiger partial charge is 0.246 e. The first-order valence-corrected chi connectivity index (χ1v) is 7.76. The van der Waals surface area contributed by atoms with E-state index in [1.807, 2.05) is 39.6 Å². The summed E-state index contributed by atoms with van der Waals surface area (Å²) in [5.74, 6) is -0.220. The Kier molecular flexibility index (Phi) is 11.7. The van der Waals surface area contributed by atoms with E-state index < -0.39 is 0 Å². The van der Waals surface area contributed by atoms with Crippen LogP contribution in [0.2, 0.25) is 0 Å². The summed E-state index contributed by atoms with van der Waals surface area (Å²) in [5, 5.41) is 5.58. The van der Waals surface area contributed by atoms with Gasteiger partial charge in [0.15, 0.2) is 0 Å². The highest BCUT2D eigenvalue weighted by Gasteiger charge is 2.05. The van der Waals surface area contributed by atoms with Crippen LogP contribution in [0.3, 0.4) is 0 Å². The van der Waals surface area contributed by atoms with Gasteiger partial charge in [0.25, 0.3) is 0 Å². The Morgan fingerprint density at radius 3 is 1.55 bits per heavy atom. The molecule has 0 atom stereocenters. The number of rotatable bonds is 12. The maximum atomic E-state index is 11.4. The van der Waals surface area contributed by atoms with Crippen molar-refractivity contribution >= 4 is 11.8 Å². The molecule has 2 N–H and O–H groups in total. The molecule has 0 bridgehead atoms. The van der Waals surface area contributed by atoms with Crippen molar-refractivity contribution in [3.8, 4) is 0 Å². The van der Waals surface area contributed by atoms with Crippen LogP contribution < -0.4 is 10.6 Å². The summed E-state index contributed by atoms with van der Waals surface area (Å²) in [7, 11) is 1.94. The van der Waals surface area contributed by atoms with E-state index >= 15 is 0 Å². The summed E-state index contributed by atoms with van der Waals surface area (Å²) in [5.41, 5.74) is 0. The van der Waals surface area contributed by atoms with Gasteiger partial charge in [0, 0.05) is 26.2 Å². The molecular formula is C15H31N3O4. The summed E-state index contributed by atoms with van der Waals surface area (Å²) in [6.07, 6.45) is 0.105. The number of carbonyl (C=O) groups is 2. The second-order valence-corrected chi connectivity index (χ2v) is 5.72. The molecule has 0 rings (SSSR count). The zero-order chi connectivity index (χ0) is 17.0. The summed E-state index contributed by atoms with van der Waals surface area (Å²) in [6.45, 7) is 10.3. The van der Waals surface area contributed by atoms with Crippen molar-refractivity contribution < 1.29 is 19.1 Å². The summed E-state index contributed by atoms with van der Waals surface area (Å²) in [6, 6.07) is 0. The van der Waals surface area contributed by atoms with Crippen LogP contribution >= 0.6 is 0 Å². The van der Waals surface area contributed by atoms with Crippen LogP contribution in [0.4, 0.5) is 0 Å². The zero-order valence-electron chi connectivity index (χ0n) is 14.5. The number of hydrogen-bond acceptors (Lipinski definition) is 5. The predicted molar refractivity (Wildman–Crippen MR) is 85.7 cm³/mol. The molecule has 0 heterocycles. The van der Waals surface area contributed by atoms with E-state index in [2.05, 4.69) is 10.6 Å². The van der Waals surface area contributed by atoms with Crippen molar-refractivity contribution in [2.75, 3.05) is 46.4 Å². The first kappa shape index (κ1) is 20.8. The second-order valence-electron chi connectivity index (χ2n) is 5.72. The number of nitrogens with one attached hydrogen (secondary N) is 2. The third-order valence-corrected chi connectivity index (χ3v) is 2.73. The first-order valence-electron chi connectivity index (χ1n) is 7.76. The molecule has 0 unspecified atom stereocenters. The van der Waals surface area contributed by atoms with Crippen LogP contribution in [0.25, 0.3) is 0 Å². The minimum atomic E-state index is -0.110. The Hall–Kier alpha value is -1.18. The first-order chi connectivity index (χ1) is 10.3. The summed E-state index contributed by atoms with van der Waals surface area (Å²) in [4.78, 5) is 24.9. The van der Waals surface area contributed by atoms with Gasteiger partial charge in [-0.1, -0.05) is 0 Å². The van der Waals surface area contributed by atoms with Crippen LogP contribution in [-0.4, -0.2) is 75.4 Å². The van der Waals surface area contributed by atoms with Crippen molar-refractivity contribution in [2.24, 2.45) is 0 Å². The molecule has 0 aliphatic carbocycles. The molecular weight excluding hydrogens is 286 g/mol. The lowest BCUT2D eigenvalue weighted by Gasteiger charge is -2.17. The van der Waals surface area contributed by atoms with Crippen molar-refractivity contribution in [3.63, 3.8) is 0 Å². The molecule has 0 spiro atoms. The molecule has 0 aliphatic rings. The molecule has 130 valence electrons. The summed E-state index contributed by atoms with van der Waals surface area (Å²) >= 11 is 0. The van der Waals surface area contributed by atoms with Gasteiger partial charge in [-0.25, -0.2) is 0 Å². The van der Waals surface area contributed by atoms with E-state index in [4.69, 9.17) is 9.47 Å². The van der Waals surface area contributed by atoms with Crippen molar-refractivity contribution in [2.45, 2.75) is 39.9 Å². The van der Waals surface area contributed by atoms with Gasteiger partial charge in [-0.05, 0) is 34.7 Å². The standard InChI is InChI=1S/C15H31N3O4/c1-12(2)21-10-14(19)16-6-8-18(5)9-7-17-15(20)11-22-13(3)4/h12-13H,6-11H2,1-5H3,(H,16,19)(H,17,20). The van der Waals surface area contributed by atoms with Crippen LogP contribution in [0.15, 0.2) is 0 Å². The van der Waals surface area contributed by atoms with Gasteiger partial charge in [-0.3, -0.25) is 9.59 Å². The molecule has 0 saturated heterocycles. The number of likely N-dealkylation sites (N-methyl/N-ethyl adjacent to an activating group) is 1. The van der Waals surface area contributed by atoms with E-state index in [9.17, 15) is 9.59 Å². The number of nitrogens with zero attached hydrogens (tertiary/aromatic N) is 1. The minimum absolute atomic E-state index is 0.0525. The minimum Gasteiger partial charge on any atom is -0.369 e. The van der Waals surface area contributed by atoms with Crippen LogP contribution in [0, 0.1) is 0 Å². The lowest BCUT2D eigenvalue weighted by molar-refractivity contribution is -0.127. The monoisotopic (exact) mass is 317 g/mol. The fraction of sp³-hybridized carbons (Fsp3) is 0.867. The third-order valence-electron chi connectivity index (χ3n) is 2.73. The highest BCUT2D eigenvalue weighted by atomic mass is 16.5. The van der Waals surface area contributed by atoms with Crippen LogP contribution in [0.5, 0.6) is 0 Å². The molecule has 0 aromatic heterocycles. The Balaban J connectivity index is 3.55. The van der Waals surface area contributed by atoms with E-state index in [0.717, 1.165) is 0 Å².